The molecule has 2 aromatic carbocycles. The largest absolute Gasteiger partial charge is 0.381 e. The topological polar surface area (TPSA) is 49.9 Å². The van der Waals surface area contributed by atoms with Gasteiger partial charge in [-0.1, -0.05) is 24.3 Å². The van der Waals surface area contributed by atoms with Crippen molar-refractivity contribution in [3.8, 4) is 0 Å². The fraction of sp³-hybridized carbons (Fsp3) is 0.188. The van der Waals surface area contributed by atoms with E-state index in [4.69, 9.17) is 4.74 Å². The Bertz CT molecular complexity index is 688. The number of methoxy groups -OCH3 is 1. The van der Waals surface area contributed by atoms with Gasteiger partial charge in [-0.05, 0) is 29.3 Å². The van der Waals surface area contributed by atoms with Crippen molar-refractivity contribution < 1.29 is 4.74 Å². The molecule has 102 valence electrons. The summed E-state index contributed by atoms with van der Waals surface area (Å²) >= 11 is 0. The minimum absolute atomic E-state index is 0.658. The smallest absolute Gasteiger partial charge is 0.0713 e. The van der Waals surface area contributed by atoms with E-state index in [0.717, 1.165) is 23.1 Å². The lowest BCUT2D eigenvalue weighted by atomic mass is 10.1. The standard InChI is InChI=1S/C16H17N3O/c1-20-11-13-4-2-12(3-5-13)9-17-15-6-7-16-14(8-15)10-18-19-16/h2-8,10,17H,9,11H2,1H3,(H,18,19). The summed E-state index contributed by atoms with van der Waals surface area (Å²) in [7, 11) is 1.71. The van der Waals surface area contributed by atoms with Gasteiger partial charge in [0.1, 0.15) is 0 Å². The van der Waals surface area contributed by atoms with Crippen molar-refractivity contribution in [1.82, 2.24) is 10.2 Å². The highest BCUT2D eigenvalue weighted by Crippen LogP contribution is 2.17. The van der Waals surface area contributed by atoms with Crippen molar-refractivity contribution in [3.63, 3.8) is 0 Å². The molecule has 0 unspecified atom stereocenters. The number of hydrogen-bond donors (Lipinski definition) is 2. The van der Waals surface area contributed by atoms with Crippen molar-refractivity contribution in [2.75, 3.05) is 12.4 Å². The van der Waals surface area contributed by atoms with Crippen LogP contribution in [0.5, 0.6) is 0 Å². The van der Waals surface area contributed by atoms with Crippen LogP contribution in [0.1, 0.15) is 11.1 Å². The number of benzene rings is 2. The first-order valence-electron chi connectivity index (χ1n) is 6.59. The van der Waals surface area contributed by atoms with Gasteiger partial charge in [-0.25, -0.2) is 0 Å². The predicted octanol–water partition coefficient (Wildman–Crippen LogP) is 3.32. The second-order valence-electron chi connectivity index (χ2n) is 4.78. The van der Waals surface area contributed by atoms with Gasteiger partial charge in [0.05, 0.1) is 18.3 Å². The summed E-state index contributed by atoms with van der Waals surface area (Å²) in [5.74, 6) is 0. The van der Waals surface area contributed by atoms with Crippen molar-refractivity contribution in [2.24, 2.45) is 0 Å². The Morgan fingerprint density at radius 2 is 1.90 bits per heavy atom. The van der Waals surface area contributed by atoms with E-state index >= 15 is 0 Å². The second-order valence-corrected chi connectivity index (χ2v) is 4.78. The summed E-state index contributed by atoms with van der Waals surface area (Å²) < 4.78 is 5.11. The Morgan fingerprint density at radius 1 is 1.10 bits per heavy atom. The molecule has 0 amide bonds. The lowest BCUT2D eigenvalue weighted by molar-refractivity contribution is 0.185. The quantitative estimate of drug-likeness (QED) is 0.745. The van der Waals surface area contributed by atoms with Crippen LogP contribution in [0.4, 0.5) is 5.69 Å². The SMILES string of the molecule is COCc1ccc(CNc2ccc3[nH]ncc3c2)cc1. The normalized spacial score (nSPS) is 10.8. The number of H-pyrrole nitrogens is 1. The maximum absolute atomic E-state index is 5.11. The van der Waals surface area contributed by atoms with Gasteiger partial charge in [0, 0.05) is 24.7 Å². The molecule has 0 aliphatic heterocycles. The summed E-state index contributed by atoms with van der Waals surface area (Å²) in [5.41, 5.74) is 4.59. The monoisotopic (exact) mass is 267 g/mol. The molecule has 2 N–H and O–H groups in total. The van der Waals surface area contributed by atoms with E-state index in [0.29, 0.717) is 6.61 Å². The molecule has 1 aromatic heterocycles. The highest BCUT2D eigenvalue weighted by atomic mass is 16.5. The summed E-state index contributed by atoms with van der Waals surface area (Å²) in [6.07, 6.45) is 1.83. The minimum Gasteiger partial charge on any atom is -0.381 e. The van der Waals surface area contributed by atoms with Gasteiger partial charge in [0.2, 0.25) is 0 Å². The van der Waals surface area contributed by atoms with Gasteiger partial charge in [0.15, 0.2) is 0 Å². The number of anilines is 1. The number of nitrogens with zero attached hydrogens (tertiary/aromatic N) is 1. The summed E-state index contributed by atoms with van der Waals surface area (Å²) in [6.45, 7) is 1.46. The molecule has 0 aliphatic rings. The molecule has 1 heterocycles. The van der Waals surface area contributed by atoms with Gasteiger partial charge in [0.25, 0.3) is 0 Å². The number of rotatable bonds is 5. The molecule has 3 aromatic rings. The average molecular weight is 267 g/mol. The average Bonchev–Trinajstić information content (AvgIpc) is 2.94. The minimum atomic E-state index is 0.658. The maximum Gasteiger partial charge on any atom is 0.0713 e. The number of aromatic nitrogens is 2. The molecule has 0 saturated carbocycles. The molecule has 0 atom stereocenters. The molecule has 0 bridgehead atoms. The molecular weight excluding hydrogens is 250 g/mol. The van der Waals surface area contributed by atoms with Gasteiger partial charge in [-0.3, -0.25) is 5.10 Å². The van der Waals surface area contributed by atoms with Crippen molar-refractivity contribution in [2.45, 2.75) is 13.2 Å². The molecular formula is C16H17N3O. The maximum atomic E-state index is 5.11. The third-order valence-corrected chi connectivity index (χ3v) is 3.27. The highest BCUT2D eigenvalue weighted by Gasteiger charge is 1.99. The Morgan fingerprint density at radius 3 is 2.70 bits per heavy atom. The van der Waals surface area contributed by atoms with Crippen LogP contribution in [-0.2, 0) is 17.9 Å². The van der Waals surface area contributed by atoms with Gasteiger partial charge >= 0.3 is 0 Å². The zero-order chi connectivity index (χ0) is 13.8. The van der Waals surface area contributed by atoms with Crippen LogP contribution >= 0.6 is 0 Å². The van der Waals surface area contributed by atoms with E-state index in [9.17, 15) is 0 Å². The van der Waals surface area contributed by atoms with Crippen LogP contribution in [0.3, 0.4) is 0 Å². The molecule has 0 aliphatic carbocycles. The zero-order valence-electron chi connectivity index (χ0n) is 11.4. The van der Waals surface area contributed by atoms with Gasteiger partial charge < -0.3 is 10.1 Å². The Balaban J connectivity index is 1.66. The molecule has 4 heteroatoms. The molecule has 20 heavy (non-hydrogen) atoms. The number of aromatic amines is 1. The Hall–Kier alpha value is -2.33. The first-order valence-corrected chi connectivity index (χ1v) is 6.59. The molecule has 4 nitrogen and oxygen atoms in total. The van der Waals surface area contributed by atoms with E-state index in [2.05, 4.69) is 51.9 Å². The molecule has 0 radical (unpaired) electrons. The number of hydrogen-bond acceptors (Lipinski definition) is 3. The Kier molecular flexibility index (Phi) is 3.65. The van der Waals surface area contributed by atoms with E-state index in [1.165, 1.54) is 11.1 Å². The second kappa shape index (κ2) is 5.75. The zero-order valence-corrected chi connectivity index (χ0v) is 11.4. The lowest BCUT2D eigenvalue weighted by Crippen LogP contribution is -1.99. The molecule has 0 spiro atoms. The fourth-order valence-electron chi connectivity index (χ4n) is 2.18. The summed E-state index contributed by atoms with van der Waals surface area (Å²) in [6, 6.07) is 14.6. The number of fused-ring (bicyclic) bond motifs is 1. The first-order chi connectivity index (χ1) is 9.85. The van der Waals surface area contributed by atoms with E-state index in [1.807, 2.05) is 12.3 Å². The number of ether oxygens (including phenoxy) is 1. The lowest BCUT2D eigenvalue weighted by Gasteiger charge is -2.07. The van der Waals surface area contributed by atoms with Crippen molar-refractivity contribution in [3.05, 3.63) is 59.8 Å². The van der Waals surface area contributed by atoms with Crippen LogP contribution in [0.15, 0.2) is 48.7 Å². The van der Waals surface area contributed by atoms with Crippen molar-refractivity contribution in [1.29, 1.82) is 0 Å². The first kappa shape index (κ1) is 12.7. The Labute approximate surface area is 117 Å². The third-order valence-electron chi connectivity index (χ3n) is 3.27. The highest BCUT2D eigenvalue weighted by molar-refractivity contribution is 5.81. The van der Waals surface area contributed by atoms with Crippen LogP contribution in [0.2, 0.25) is 0 Å². The third kappa shape index (κ3) is 2.81. The van der Waals surface area contributed by atoms with Crippen LogP contribution in [-0.4, -0.2) is 17.3 Å². The summed E-state index contributed by atoms with van der Waals surface area (Å²) in [4.78, 5) is 0. The molecule has 3 rings (SSSR count). The fourth-order valence-corrected chi connectivity index (χ4v) is 2.18. The van der Waals surface area contributed by atoms with E-state index in [-0.39, 0.29) is 0 Å². The van der Waals surface area contributed by atoms with Crippen LogP contribution < -0.4 is 5.32 Å². The van der Waals surface area contributed by atoms with Crippen LogP contribution in [0.25, 0.3) is 10.9 Å². The number of nitrogens with one attached hydrogen (secondary N) is 2. The molecule has 0 saturated heterocycles. The van der Waals surface area contributed by atoms with Crippen LogP contribution in [0, 0.1) is 0 Å². The van der Waals surface area contributed by atoms with E-state index in [1.54, 1.807) is 7.11 Å². The summed E-state index contributed by atoms with van der Waals surface area (Å²) in [5, 5.41) is 11.5. The van der Waals surface area contributed by atoms with Crippen molar-refractivity contribution >= 4 is 16.6 Å². The van der Waals surface area contributed by atoms with Gasteiger partial charge in [-0.2, -0.15) is 5.10 Å². The molecule has 0 fully saturated rings. The van der Waals surface area contributed by atoms with E-state index < -0.39 is 0 Å². The van der Waals surface area contributed by atoms with Gasteiger partial charge in [-0.15, -0.1) is 0 Å². The predicted molar refractivity (Wildman–Crippen MR) is 80.6 cm³/mol.